The van der Waals surface area contributed by atoms with Gasteiger partial charge in [0.1, 0.15) is 5.78 Å². The standard InChI is InChI=1S/C7H10O3/c1-5(8)3-4-7(10)6(2)9/h3-4H2,1-2H3. The molecule has 0 atom stereocenters. The van der Waals surface area contributed by atoms with Crippen molar-refractivity contribution in [3.63, 3.8) is 0 Å². The summed E-state index contributed by atoms with van der Waals surface area (Å²) in [6.07, 6.45) is 0.239. The van der Waals surface area contributed by atoms with Crippen LogP contribution in [0.1, 0.15) is 26.7 Å². The first-order chi connectivity index (χ1) is 4.54. The van der Waals surface area contributed by atoms with Gasteiger partial charge in [-0.05, 0) is 6.92 Å². The Morgan fingerprint density at radius 1 is 1.00 bits per heavy atom. The lowest BCUT2D eigenvalue weighted by Gasteiger charge is -1.90. The lowest BCUT2D eigenvalue weighted by molar-refractivity contribution is -0.135. The molecule has 0 saturated carbocycles. The van der Waals surface area contributed by atoms with Crippen LogP contribution in [0.25, 0.3) is 0 Å². The van der Waals surface area contributed by atoms with E-state index in [-0.39, 0.29) is 18.6 Å². The molecule has 3 nitrogen and oxygen atoms in total. The van der Waals surface area contributed by atoms with E-state index >= 15 is 0 Å². The maximum atomic E-state index is 10.5. The molecule has 0 saturated heterocycles. The molecular formula is C7H10O3. The highest BCUT2D eigenvalue weighted by atomic mass is 16.2. The second-order valence-corrected chi connectivity index (χ2v) is 2.18. The fraction of sp³-hybridized carbons (Fsp3) is 0.571. The van der Waals surface area contributed by atoms with Crippen molar-refractivity contribution >= 4 is 17.3 Å². The predicted octanol–water partition coefficient (Wildman–Crippen LogP) is 0.514. The van der Waals surface area contributed by atoms with Crippen molar-refractivity contribution < 1.29 is 14.4 Å². The SMILES string of the molecule is CC(=O)CCC(=O)C(C)=O. The molecule has 0 fully saturated rings. The van der Waals surface area contributed by atoms with Gasteiger partial charge in [-0.2, -0.15) is 0 Å². The van der Waals surface area contributed by atoms with Crippen LogP contribution in [-0.4, -0.2) is 17.3 Å². The van der Waals surface area contributed by atoms with E-state index in [0.29, 0.717) is 0 Å². The second-order valence-electron chi connectivity index (χ2n) is 2.18. The van der Waals surface area contributed by atoms with Crippen LogP contribution in [0.3, 0.4) is 0 Å². The molecule has 0 aromatic rings. The Kier molecular flexibility index (Phi) is 3.54. The van der Waals surface area contributed by atoms with Crippen LogP contribution >= 0.6 is 0 Å². The van der Waals surface area contributed by atoms with Gasteiger partial charge in [-0.15, -0.1) is 0 Å². The minimum Gasteiger partial charge on any atom is -0.300 e. The number of hydrogen-bond donors (Lipinski definition) is 0. The van der Waals surface area contributed by atoms with Gasteiger partial charge >= 0.3 is 0 Å². The molecule has 0 unspecified atom stereocenters. The lowest BCUT2D eigenvalue weighted by Crippen LogP contribution is -2.10. The Balaban J connectivity index is 3.60. The molecule has 0 heterocycles. The Morgan fingerprint density at radius 3 is 1.80 bits per heavy atom. The van der Waals surface area contributed by atoms with Gasteiger partial charge in [-0.25, -0.2) is 0 Å². The maximum Gasteiger partial charge on any atom is 0.198 e. The molecule has 0 radical (unpaired) electrons. The molecule has 0 rings (SSSR count). The van der Waals surface area contributed by atoms with Crippen molar-refractivity contribution in [2.45, 2.75) is 26.7 Å². The first-order valence-electron chi connectivity index (χ1n) is 3.07. The van der Waals surface area contributed by atoms with Gasteiger partial charge in [0.25, 0.3) is 0 Å². The number of Topliss-reactive ketones (excluding diaryl/α,β-unsaturated/α-hetero) is 3. The van der Waals surface area contributed by atoms with Gasteiger partial charge in [0.05, 0.1) is 0 Å². The molecule has 0 aliphatic rings. The van der Waals surface area contributed by atoms with Gasteiger partial charge in [-0.3, -0.25) is 9.59 Å². The van der Waals surface area contributed by atoms with Gasteiger partial charge in [-0.1, -0.05) is 0 Å². The highest BCUT2D eigenvalue weighted by Gasteiger charge is 2.07. The molecule has 56 valence electrons. The number of ketones is 3. The van der Waals surface area contributed by atoms with E-state index in [2.05, 4.69) is 0 Å². The van der Waals surface area contributed by atoms with E-state index in [0.717, 1.165) is 0 Å². The average Bonchev–Trinajstić information content (AvgIpc) is 1.82. The van der Waals surface area contributed by atoms with Crippen molar-refractivity contribution in [1.29, 1.82) is 0 Å². The summed E-state index contributed by atoms with van der Waals surface area (Å²) in [5.74, 6) is -0.994. The fourth-order valence-corrected chi connectivity index (χ4v) is 0.466. The monoisotopic (exact) mass is 142 g/mol. The van der Waals surface area contributed by atoms with E-state index in [4.69, 9.17) is 0 Å². The van der Waals surface area contributed by atoms with Crippen molar-refractivity contribution in [1.82, 2.24) is 0 Å². The van der Waals surface area contributed by atoms with Crippen molar-refractivity contribution in [2.75, 3.05) is 0 Å². The van der Waals surface area contributed by atoms with E-state index in [1.54, 1.807) is 0 Å². The van der Waals surface area contributed by atoms with Crippen LogP contribution < -0.4 is 0 Å². The van der Waals surface area contributed by atoms with E-state index in [1.165, 1.54) is 13.8 Å². The average molecular weight is 142 g/mol. The molecule has 10 heavy (non-hydrogen) atoms. The summed E-state index contributed by atoms with van der Waals surface area (Å²) in [5, 5.41) is 0. The van der Waals surface area contributed by atoms with E-state index < -0.39 is 11.6 Å². The number of hydrogen-bond acceptors (Lipinski definition) is 3. The van der Waals surface area contributed by atoms with Crippen LogP contribution in [0.15, 0.2) is 0 Å². The van der Waals surface area contributed by atoms with Gasteiger partial charge in [0, 0.05) is 19.8 Å². The minimum absolute atomic E-state index is 0.0602. The molecule has 0 aliphatic heterocycles. The van der Waals surface area contributed by atoms with Crippen molar-refractivity contribution in [3.8, 4) is 0 Å². The molecule has 0 aliphatic carbocycles. The van der Waals surface area contributed by atoms with Gasteiger partial charge in [0.2, 0.25) is 0 Å². The molecule has 0 spiro atoms. The molecule has 0 N–H and O–H groups in total. The zero-order chi connectivity index (χ0) is 8.15. The predicted molar refractivity (Wildman–Crippen MR) is 35.6 cm³/mol. The topological polar surface area (TPSA) is 51.2 Å². The summed E-state index contributed by atoms with van der Waals surface area (Å²) in [6, 6.07) is 0. The van der Waals surface area contributed by atoms with Gasteiger partial charge in [0.15, 0.2) is 11.6 Å². The second kappa shape index (κ2) is 3.93. The molecular weight excluding hydrogens is 132 g/mol. The quantitative estimate of drug-likeness (QED) is 0.537. The molecule has 3 heteroatoms. The van der Waals surface area contributed by atoms with Crippen LogP contribution in [-0.2, 0) is 14.4 Å². The summed E-state index contributed by atoms with van der Waals surface area (Å²) in [7, 11) is 0. The van der Waals surface area contributed by atoms with Crippen molar-refractivity contribution in [2.24, 2.45) is 0 Å². The third-order valence-corrected chi connectivity index (χ3v) is 1.10. The van der Waals surface area contributed by atoms with E-state index in [9.17, 15) is 14.4 Å². The third-order valence-electron chi connectivity index (χ3n) is 1.10. The highest BCUT2D eigenvalue weighted by molar-refractivity contribution is 6.36. The zero-order valence-corrected chi connectivity index (χ0v) is 6.14. The Morgan fingerprint density at radius 2 is 1.50 bits per heavy atom. The largest absolute Gasteiger partial charge is 0.300 e. The zero-order valence-electron chi connectivity index (χ0n) is 6.14. The molecule has 0 aromatic carbocycles. The van der Waals surface area contributed by atoms with Crippen LogP contribution in [0.4, 0.5) is 0 Å². The lowest BCUT2D eigenvalue weighted by atomic mass is 10.1. The molecule has 0 aromatic heterocycles. The summed E-state index contributed by atoms with van der Waals surface area (Å²) in [5.41, 5.74) is 0. The van der Waals surface area contributed by atoms with Crippen LogP contribution in [0.5, 0.6) is 0 Å². The summed E-state index contributed by atoms with van der Waals surface area (Å²) < 4.78 is 0. The first kappa shape index (κ1) is 9.01. The van der Waals surface area contributed by atoms with E-state index in [1.807, 2.05) is 0 Å². The smallest absolute Gasteiger partial charge is 0.198 e. The van der Waals surface area contributed by atoms with Crippen LogP contribution in [0.2, 0.25) is 0 Å². The Labute approximate surface area is 59.4 Å². The number of rotatable bonds is 4. The summed E-state index contributed by atoms with van der Waals surface area (Å²) >= 11 is 0. The van der Waals surface area contributed by atoms with Gasteiger partial charge < -0.3 is 4.79 Å². The third kappa shape index (κ3) is 3.95. The molecule has 0 amide bonds. The number of carbonyl (C=O) groups is 3. The Bertz CT molecular complexity index is 170. The summed E-state index contributed by atoms with van der Waals surface area (Å²) in [4.78, 5) is 31.1. The maximum absolute atomic E-state index is 10.5. The summed E-state index contributed by atoms with van der Waals surface area (Å²) in [6.45, 7) is 2.61. The first-order valence-corrected chi connectivity index (χ1v) is 3.07. The van der Waals surface area contributed by atoms with Crippen LogP contribution in [0, 0.1) is 0 Å². The fourth-order valence-electron chi connectivity index (χ4n) is 0.466. The Hall–Kier alpha value is -0.990. The normalized spacial score (nSPS) is 9.00. The molecule has 0 bridgehead atoms. The number of carbonyl (C=O) groups excluding carboxylic acids is 3. The highest BCUT2D eigenvalue weighted by Crippen LogP contribution is 1.92. The minimum atomic E-state index is -0.471. The van der Waals surface area contributed by atoms with Crippen molar-refractivity contribution in [3.05, 3.63) is 0 Å².